The van der Waals surface area contributed by atoms with Gasteiger partial charge in [-0.2, -0.15) is 0 Å². The van der Waals surface area contributed by atoms with Crippen LogP contribution in [0.5, 0.6) is 0 Å². The molecule has 1 N–H and O–H groups in total. The minimum Gasteiger partial charge on any atom is -0.324 e. The number of anilines is 1. The van der Waals surface area contributed by atoms with Crippen LogP contribution < -0.4 is 5.32 Å². The monoisotopic (exact) mass is 442 g/mol. The third kappa shape index (κ3) is 2.10. The van der Waals surface area contributed by atoms with Gasteiger partial charge in [0.05, 0.1) is 5.41 Å². The van der Waals surface area contributed by atoms with Gasteiger partial charge in [-0.05, 0) is 47.9 Å². The molecule has 0 unspecified atom stereocenters. The number of amides is 1. The predicted octanol–water partition coefficient (Wildman–Crippen LogP) is 5.84. The highest BCUT2D eigenvalue weighted by atomic mass is 16.2. The van der Waals surface area contributed by atoms with Crippen LogP contribution in [-0.2, 0) is 15.7 Å². The fraction of sp³-hybridized carbons (Fsp3) is 0.194. The third-order valence-electron chi connectivity index (χ3n) is 8.49. The standard InChI is InChI=1S/C31H26N2O/c1-20-15-17-21(18-16-20)27-19-33(2)31(26-13-7-8-14-28(26)32-29(31)34)30(27)24-11-5-3-9-22(24)23-10-4-6-12-25(23)30/h3-18,27H,19H2,1-2H3,(H,32,34)/t27-,31+/m1/s1. The number of fused-ring (bicyclic) bond motifs is 8. The van der Waals surface area contributed by atoms with Crippen molar-refractivity contribution in [2.75, 3.05) is 18.9 Å². The third-order valence-corrected chi connectivity index (χ3v) is 8.49. The van der Waals surface area contributed by atoms with Crippen LogP contribution in [0.4, 0.5) is 5.69 Å². The smallest absolute Gasteiger partial charge is 0.250 e. The van der Waals surface area contributed by atoms with E-state index in [9.17, 15) is 4.79 Å². The predicted molar refractivity (Wildman–Crippen MR) is 136 cm³/mol. The van der Waals surface area contributed by atoms with E-state index in [1.165, 1.54) is 33.4 Å². The average molecular weight is 443 g/mol. The molecule has 1 aliphatic carbocycles. The first-order chi connectivity index (χ1) is 16.6. The lowest BCUT2D eigenvalue weighted by atomic mass is 9.56. The first-order valence-corrected chi connectivity index (χ1v) is 12.0. The zero-order valence-electron chi connectivity index (χ0n) is 19.4. The molecule has 1 amide bonds. The van der Waals surface area contributed by atoms with Gasteiger partial charge in [0.25, 0.3) is 5.91 Å². The van der Waals surface area contributed by atoms with Gasteiger partial charge in [0.15, 0.2) is 0 Å². The lowest BCUT2D eigenvalue weighted by molar-refractivity contribution is -0.127. The molecular formula is C31H26N2O. The highest BCUT2D eigenvalue weighted by Crippen LogP contribution is 2.69. The van der Waals surface area contributed by atoms with Crippen molar-refractivity contribution in [2.45, 2.75) is 23.8 Å². The van der Waals surface area contributed by atoms with Crippen LogP contribution in [0.25, 0.3) is 11.1 Å². The van der Waals surface area contributed by atoms with E-state index in [2.05, 4.69) is 109 Å². The van der Waals surface area contributed by atoms with Gasteiger partial charge in [0.1, 0.15) is 5.54 Å². The van der Waals surface area contributed by atoms with Gasteiger partial charge in [-0.3, -0.25) is 9.69 Å². The molecule has 1 fully saturated rings. The number of para-hydroxylation sites is 1. The first kappa shape index (κ1) is 19.7. The molecule has 0 aromatic heterocycles. The molecule has 166 valence electrons. The Morgan fingerprint density at radius 1 is 0.765 bits per heavy atom. The van der Waals surface area contributed by atoms with Crippen molar-refractivity contribution >= 4 is 11.6 Å². The van der Waals surface area contributed by atoms with Gasteiger partial charge in [0.2, 0.25) is 0 Å². The van der Waals surface area contributed by atoms with Crippen molar-refractivity contribution in [1.29, 1.82) is 0 Å². The summed E-state index contributed by atoms with van der Waals surface area (Å²) in [6.07, 6.45) is 0. The number of carbonyl (C=O) groups is 1. The molecule has 4 aromatic rings. The van der Waals surface area contributed by atoms with Crippen LogP contribution in [0.15, 0.2) is 97.1 Å². The molecule has 0 bridgehead atoms. The average Bonchev–Trinajstić information content (AvgIpc) is 3.44. The molecule has 0 radical (unpaired) electrons. The van der Waals surface area contributed by atoms with Crippen molar-refractivity contribution in [3.05, 3.63) is 125 Å². The molecule has 2 atom stereocenters. The van der Waals surface area contributed by atoms with E-state index in [0.717, 1.165) is 17.8 Å². The second kappa shape index (κ2) is 6.68. The van der Waals surface area contributed by atoms with Crippen LogP contribution >= 0.6 is 0 Å². The van der Waals surface area contributed by atoms with E-state index >= 15 is 0 Å². The van der Waals surface area contributed by atoms with Gasteiger partial charge >= 0.3 is 0 Å². The summed E-state index contributed by atoms with van der Waals surface area (Å²) in [5.74, 6) is 0.178. The van der Waals surface area contributed by atoms with Crippen molar-refractivity contribution < 1.29 is 4.79 Å². The van der Waals surface area contributed by atoms with Crippen molar-refractivity contribution in [3.8, 4) is 11.1 Å². The molecule has 2 spiro atoms. The summed E-state index contributed by atoms with van der Waals surface area (Å²) in [6.45, 7) is 2.91. The lowest BCUT2D eigenvalue weighted by Crippen LogP contribution is -2.57. The number of benzene rings is 4. The maximum atomic E-state index is 14.3. The summed E-state index contributed by atoms with van der Waals surface area (Å²) < 4.78 is 0. The molecule has 3 aliphatic rings. The fourth-order valence-electron chi connectivity index (χ4n) is 7.30. The molecule has 7 rings (SSSR count). The second-order valence-corrected chi connectivity index (χ2v) is 9.95. The van der Waals surface area contributed by atoms with Gasteiger partial charge in [-0.15, -0.1) is 0 Å². The summed E-state index contributed by atoms with van der Waals surface area (Å²) >= 11 is 0. The SMILES string of the molecule is Cc1ccc([C@H]2CN(C)[C@@]3(C(=O)Nc4ccccc43)C23c2ccccc2-c2ccccc23)cc1. The molecule has 0 saturated carbocycles. The Morgan fingerprint density at radius 3 is 1.97 bits per heavy atom. The molecule has 3 nitrogen and oxygen atoms in total. The second-order valence-electron chi connectivity index (χ2n) is 9.95. The highest BCUT2D eigenvalue weighted by Gasteiger charge is 2.73. The number of rotatable bonds is 1. The molecule has 34 heavy (non-hydrogen) atoms. The number of aryl methyl sites for hydroxylation is 1. The summed E-state index contributed by atoms with van der Waals surface area (Å²) in [6, 6.07) is 34.6. The Morgan fingerprint density at radius 2 is 1.32 bits per heavy atom. The van der Waals surface area contributed by atoms with E-state index in [4.69, 9.17) is 0 Å². The van der Waals surface area contributed by atoms with E-state index in [1.807, 2.05) is 12.1 Å². The lowest BCUT2D eigenvalue weighted by Gasteiger charge is -2.46. The number of hydrogen-bond donors (Lipinski definition) is 1. The molecule has 2 heterocycles. The Labute approximate surface area is 200 Å². The van der Waals surface area contributed by atoms with E-state index in [0.29, 0.717) is 0 Å². The van der Waals surface area contributed by atoms with Crippen molar-refractivity contribution in [3.63, 3.8) is 0 Å². The number of carbonyl (C=O) groups excluding carboxylic acids is 1. The van der Waals surface area contributed by atoms with Crippen LogP contribution in [0.1, 0.15) is 33.7 Å². The molecular weight excluding hydrogens is 416 g/mol. The maximum absolute atomic E-state index is 14.3. The number of nitrogens with one attached hydrogen (secondary N) is 1. The molecule has 3 heteroatoms. The summed E-state index contributed by atoms with van der Waals surface area (Å²) in [7, 11) is 2.13. The molecule has 4 aromatic carbocycles. The highest BCUT2D eigenvalue weighted by molar-refractivity contribution is 6.09. The number of hydrogen-bond acceptors (Lipinski definition) is 2. The molecule has 2 aliphatic heterocycles. The van der Waals surface area contributed by atoms with E-state index in [-0.39, 0.29) is 11.8 Å². The van der Waals surface area contributed by atoms with Crippen LogP contribution in [0, 0.1) is 6.92 Å². The maximum Gasteiger partial charge on any atom is 0.250 e. The van der Waals surface area contributed by atoms with Crippen LogP contribution in [-0.4, -0.2) is 24.4 Å². The number of likely N-dealkylation sites (N-methyl/N-ethyl adjacent to an activating group) is 1. The Balaban J connectivity index is 1.67. The van der Waals surface area contributed by atoms with E-state index in [1.54, 1.807) is 0 Å². The summed E-state index contributed by atoms with van der Waals surface area (Å²) in [5, 5.41) is 3.27. The van der Waals surface area contributed by atoms with Crippen LogP contribution in [0.2, 0.25) is 0 Å². The zero-order valence-corrected chi connectivity index (χ0v) is 19.4. The van der Waals surface area contributed by atoms with Crippen molar-refractivity contribution in [1.82, 2.24) is 4.90 Å². The molecule has 1 saturated heterocycles. The Hall–Kier alpha value is -3.69. The normalized spacial score (nSPS) is 23.7. The minimum atomic E-state index is -0.845. The Bertz CT molecular complexity index is 1430. The van der Waals surface area contributed by atoms with Crippen molar-refractivity contribution in [2.24, 2.45) is 0 Å². The first-order valence-electron chi connectivity index (χ1n) is 12.0. The van der Waals surface area contributed by atoms with Gasteiger partial charge in [-0.25, -0.2) is 0 Å². The van der Waals surface area contributed by atoms with Gasteiger partial charge < -0.3 is 5.32 Å². The zero-order chi connectivity index (χ0) is 23.1. The number of nitrogens with zero attached hydrogens (tertiary/aromatic N) is 1. The van der Waals surface area contributed by atoms with Gasteiger partial charge in [0, 0.05) is 23.7 Å². The topological polar surface area (TPSA) is 32.3 Å². The summed E-state index contributed by atoms with van der Waals surface area (Å²) in [4.78, 5) is 16.6. The van der Waals surface area contributed by atoms with E-state index < -0.39 is 11.0 Å². The largest absolute Gasteiger partial charge is 0.324 e. The summed E-state index contributed by atoms with van der Waals surface area (Å²) in [5.41, 5.74) is 8.09. The number of likely N-dealkylation sites (tertiary alicyclic amines) is 1. The van der Waals surface area contributed by atoms with Gasteiger partial charge in [-0.1, -0.05) is 96.6 Å². The minimum absolute atomic E-state index is 0.0670. The van der Waals surface area contributed by atoms with Crippen LogP contribution in [0.3, 0.4) is 0 Å². The quantitative estimate of drug-likeness (QED) is 0.402. The fourth-order valence-corrected chi connectivity index (χ4v) is 7.30. The Kier molecular flexibility index (Phi) is 3.88.